The number of carbonyl (C=O) groups is 1. The normalized spacial score (nSPS) is 15.8. The van der Waals surface area contributed by atoms with Crippen molar-refractivity contribution in [2.24, 2.45) is 5.92 Å². The number of aliphatic hydroxyl groups excluding tert-OH is 1. The number of thiophene rings is 1. The van der Waals surface area contributed by atoms with Crippen LogP contribution < -0.4 is 5.32 Å². The minimum absolute atomic E-state index is 0.0940. The van der Waals surface area contributed by atoms with Crippen LogP contribution in [0.15, 0.2) is 29.8 Å². The zero-order valence-electron chi connectivity index (χ0n) is 13.2. The minimum atomic E-state index is -0.322. The molecule has 1 aliphatic carbocycles. The van der Waals surface area contributed by atoms with E-state index in [0.29, 0.717) is 24.8 Å². The topological polar surface area (TPSA) is 70.4 Å². The Morgan fingerprint density at radius 3 is 3.09 bits per heavy atom. The van der Waals surface area contributed by atoms with Gasteiger partial charge in [0, 0.05) is 17.5 Å². The summed E-state index contributed by atoms with van der Waals surface area (Å²) in [7, 11) is 1.86. The maximum absolute atomic E-state index is 12.2. The number of aliphatic hydroxyl groups is 1. The van der Waals surface area contributed by atoms with Crippen LogP contribution in [0.5, 0.6) is 0 Å². The third-order valence-electron chi connectivity index (χ3n) is 3.95. The molecule has 0 aliphatic heterocycles. The maximum atomic E-state index is 12.2. The molecule has 124 valence electrons. The van der Waals surface area contributed by atoms with Crippen molar-refractivity contribution in [1.82, 2.24) is 14.7 Å². The fraction of sp³-hybridized carbons (Fsp3) is 0.500. The van der Waals surface area contributed by atoms with Gasteiger partial charge in [0.25, 0.3) is 0 Å². The Labute approximate surface area is 139 Å². The van der Waals surface area contributed by atoms with Gasteiger partial charge in [0.15, 0.2) is 0 Å². The molecule has 1 saturated carbocycles. The third kappa shape index (κ3) is 4.63. The van der Waals surface area contributed by atoms with E-state index in [-0.39, 0.29) is 18.6 Å². The average Bonchev–Trinajstić information content (AvgIpc) is 3.08. The lowest BCUT2D eigenvalue weighted by atomic mass is 10.2. The van der Waals surface area contributed by atoms with Gasteiger partial charge in [0.05, 0.1) is 25.4 Å². The summed E-state index contributed by atoms with van der Waals surface area (Å²) < 4.78 is 1.78. The quantitative estimate of drug-likeness (QED) is 0.770. The number of aromatic nitrogens is 2. The fourth-order valence-electron chi connectivity index (χ4n) is 2.56. The Morgan fingerprint density at radius 1 is 1.57 bits per heavy atom. The third-order valence-corrected chi connectivity index (χ3v) is 4.81. The molecule has 0 aromatic carbocycles. The summed E-state index contributed by atoms with van der Waals surface area (Å²) >= 11 is 1.67. The van der Waals surface area contributed by atoms with Crippen LogP contribution in [0.3, 0.4) is 0 Å². The largest absolute Gasteiger partial charge is 0.392 e. The number of hydrogen-bond acceptors (Lipinski definition) is 5. The Hall–Kier alpha value is -1.70. The first kappa shape index (κ1) is 16.2. The van der Waals surface area contributed by atoms with Crippen LogP contribution in [-0.4, -0.2) is 51.9 Å². The second-order valence-corrected chi connectivity index (χ2v) is 7.14. The SMILES string of the molecule is CN(CC(=O)Nc1ccnn1Cc1cccs1)CC(O)C1CC1. The van der Waals surface area contributed by atoms with Crippen molar-refractivity contribution < 1.29 is 9.90 Å². The molecular formula is C16H22N4O2S. The smallest absolute Gasteiger partial charge is 0.239 e. The molecule has 1 aliphatic rings. The van der Waals surface area contributed by atoms with Gasteiger partial charge in [-0.05, 0) is 37.3 Å². The molecule has 23 heavy (non-hydrogen) atoms. The molecule has 0 bridgehead atoms. The summed E-state index contributed by atoms with van der Waals surface area (Å²) in [6.07, 6.45) is 3.56. The van der Waals surface area contributed by atoms with E-state index in [0.717, 1.165) is 12.8 Å². The van der Waals surface area contributed by atoms with E-state index < -0.39 is 0 Å². The first-order valence-corrected chi connectivity index (χ1v) is 8.70. The van der Waals surface area contributed by atoms with Crippen LogP contribution in [0, 0.1) is 5.92 Å². The van der Waals surface area contributed by atoms with Crippen molar-refractivity contribution in [2.45, 2.75) is 25.5 Å². The molecule has 3 rings (SSSR count). The van der Waals surface area contributed by atoms with Gasteiger partial charge < -0.3 is 10.4 Å². The van der Waals surface area contributed by atoms with E-state index in [2.05, 4.69) is 10.4 Å². The molecule has 2 aromatic rings. The average molecular weight is 334 g/mol. The summed E-state index contributed by atoms with van der Waals surface area (Å²) in [5.41, 5.74) is 0. The molecule has 7 heteroatoms. The van der Waals surface area contributed by atoms with Crippen molar-refractivity contribution in [1.29, 1.82) is 0 Å². The number of nitrogens with one attached hydrogen (secondary N) is 1. The van der Waals surface area contributed by atoms with Gasteiger partial charge in [-0.2, -0.15) is 5.10 Å². The monoisotopic (exact) mass is 334 g/mol. The van der Waals surface area contributed by atoms with Gasteiger partial charge in [-0.15, -0.1) is 11.3 Å². The highest BCUT2D eigenvalue weighted by Crippen LogP contribution is 2.32. The Bertz CT molecular complexity index is 636. The number of anilines is 1. The summed E-state index contributed by atoms with van der Waals surface area (Å²) in [5.74, 6) is 1.02. The van der Waals surface area contributed by atoms with Gasteiger partial charge in [-0.25, -0.2) is 4.68 Å². The standard InChI is InChI=1S/C16H22N4O2S/c1-19(10-14(21)12-4-5-12)11-16(22)18-15-6-7-17-20(15)9-13-3-2-8-23-13/h2-3,6-8,12,14,21H,4-5,9-11H2,1H3,(H,18,22). The lowest BCUT2D eigenvalue weighted by molar-refractivity contribution is -0.117. The summed E-state index contributed by atoms with van der Waals surface area (Å²) in [4.78, 5) is 15.2. The Kier molecular flexibility index (Phi) is 5.09. The molecule has 1 unspecified atom stereocenters. The summed E-state index contributed by atoms with van der Waals surface area (Å²) in [5, 5.41) is 19.1. The molecule has 1 atom stereocenters. The highest BCUT2D eigenvalue weighted by Gasteiger charge is 2.30. The zero-order chi connectivity index (χ0) is 16.2. The molecule has 0 saturated heterocycles. The van der Waals surface area contributed by atoms with Crippen molar-refractivity contribution >= 4 is 23.1 Å². The molecule has 1 fully saturated rings. The summed E-state index contributed by atoms with van der Waals surface area (Å²) in [6, 6.07) is 5.84. The minimum Gasteiger partial charge on any atom is -0.392 e. The first-order valence-electron chi connectivity index (χ1n) is 7.82. The first-order chi connectivity index (χ1) is 11.1. The zero-order valence-corrected chi connectivity index (χ0v) is 14.0. The van der Waals surface area contributed by atoms with Crippen molar-refractivity contribution in [3.63, 3.8) is 0 Å². The predicted octanol–water partition coefficient (Wildman–Crippen LogP) is 1.63. The van der Waals surface area contributed by atoms with Crippen LogP contribution >= 0.6 is 11.3 Å². The Balaban J connectivity index is 1.50. The molecule has 2 aromatic heterocycles. The second kappa shape index (κ2) is 7.25. The number of amides is 1. The summed E-state index contributed by atoms with van der Waals surface area (Å²) in [6.45, 7) is 1.44. The maximum Gasteiger partial charge on any atom is 0.239 e. The lowest BCUT2D eigenvalue weighted by Crippen LogP contribution is -2.36. The molecule has 0 spiro atoms. The highest BCUT2D eigenvalue weighted by atomic mass is 32.1. The van der Waals surface area contributed by atoms with Gasteiger partial charge in [0.1, 0.15) is 5.82 Å². The number of carbonyl (C=O) groups excluding carboxylic acids is 1. The van der Waals surface area contributed by atoms with Crippen molar-refractivity contribution in [3.8, 4) is 0 Å². The van der Waals surface area contributed by atoms with Crippen LogP contribution in [0.1, 0.15) is 17.7 Å². The van der Waals surface area contributed by atoms with E-state index in [1.165, 1.54) is 4.88 Å². The Morgan fingerprint density at radius 2 is 2.39 bits per heavy atom. The van der Waals surface area contributed by atoms with E-state index in [4.69, 9.17) is 0 Å². The van der Waals surface area contributed by atoms with E-state index in [9.17, 15) is 9.90 Å². The molecule has 0 radical (unpaired) electrons. The number of likely N-dealkylation sites (N-methyl/N-ethyl adjacent to an activating group) is 1. The van der Waals surface area contributed by atoms with Crippen LogP contribution in [0.25, 0.3) is 0 Å². The van der Waals surface area contributed by atoms with Crippen LogP contribution in [-0.2, 0) is 11.3 Å². The van der Waals surface area contributed by atoms with Crippen molar-refractivity contribution in [3.05, 3.63) is 34.7 Å². The van der Waals surface area contributed by atoms with Crippen LogP contribution in [0.2, 0.25) is 0 Å². The highest BCUT2D eigenvalue weighted by molar-refractivity contribution is 7.09. The van der Waals surface area contributed by atoms with Crippen molar-refractivity contribution in [2.75, 3.05) is 25.5 Å². The van der Waals surface area contributed by atoms with E-state index in [1.54, 1.807) is 28.3 Å². The van der Waals surface area contributed by atoms with Crippen LogP contribution in [0.4, 0.5) is 5.82 Å². The second-order valence-electron chi connectivity index (χ2n) is 6.10. The molecule has 6 nitrogen and oxygen atoms in total. The number of hydrogen-bond donors (Lipinski definition) is 2. The van der Waals surface area contributed by atoms with Gasteiger partial charge in [-0.3, -0.25) is 9.69 Å². The molecule has 1 amide bonds. The molecule has 2 heterocycles. The van der Waals surface area contributed by atoms with Gasteiger partial charge in [0.2, 0.25) is 5.91 Å². The van der Waals surface area contributed by atoms with E-state index >= 15 is 0 Å². The lowest BCUT2D eigenvalue weighted by Gasteiger charge is -2.19. The van der Waals surface area contributed by atoms with Gasteiger partial charge in [-0.1, -0.05) is 6.07 Å². The predicted molar refractivity (Wildman–Crippen MR) is 90.5 cm³/mol. The number of nitrogens with zero attached hydrogens (tertiary/aromatic N) is 3. The molecule has 2 N–H and O–H groups in total. The van der Waals surface area contributed by atoms with E-state index in [1.807, 2.05) is 29.5 Å². The number of rotatable bonds is 8. The van der Waals surface area contributed by atoms with Gasteiger partial charge >= 0.3 is 0 Å². The molecular weight excluding hydrogens is 312 g/mol. The fourth-order valence-corrected chi connectivity index (χ4v) is 3.24.